The van der Waals surface area contributed by atoms with Crippen molar-refractivity contribution in [3.63, 3.8) is 0 Å². The van der Waals surface area contributed by atoms with Crippen LogP contribution in [0.4, 0.5) is 39.5 Å². The van der Waals surface area contributed by atoms with Crippen LogP contribution in [0.5, 0.6) is 0 Å². The van der Waals surface area contributed by atoms with Crippen LogP contribution >= 0.6 is 0 Å². The average Bonchev–Trinajstić information content (AvgIpc) is 2.95. The lowest BCUT2D eigenvalue weighted by atomic mass is 9.97. The van der Waals surface area contributed by atoms with Gasteiger partial charge in [0.25, 0.3) is 0 Å². The predicted octanol–water partition coefficient (Wildman–Crippen LogP) is 7.73. The molecule has 0 spiro atoms. The molecule has 0 aliphatic carbocycles. The summed E-state index contributed by atoms with van der Waals surface area (Å²) < 4.78 is 122. The molecule has 7 rings (SSSR count). The standard InChI is InChI=1S/C30H12F9N3O3/c31-28(32,33)10-1-4-16-13(7-10)25(43)19-22(40-16)20-24(42-17-5-2-11(29(34,35)36)8-14(17)26(20)44)21-23(19)41-18-6-3-12(30(37,38)39)9-15(18)27(21)45/h1-9H,(H,40,43)(H,41,45)(H,42,44). The first-order chi connectivity index (χ1) is 20.9. The third-order valence-corrected chi connectivity index (χ3v) is 7.73. The van der Waals surface area contributed by atoms with E-state index < -0.39 is 83.8 Å². The molecule has 0 amide bonds. The van der Waals surface area contributed by atoms with Crippen molar-refractivity contribution in [2.24, 2.45) is 0 Å². The molecule has 0 aliphatic rings. The molecular formula is C30H12F9N3O3. The molecule has 15 heteroatoms. The van der Waals surface area contributed by atoms with E-state index in [0.29, 0.717) is 36.4 Å². The van der Waals surface area contributed by atoms with Gasteiger partial charge in [-0.3, -0.25) is 14.4 Å². The highest BCUT2D eigenvalue weighted by Gasteiger charge is 2.33. The summed E-state index contributed by atoms with van der Waals surface area (Å²) in [6.45, 7) is 0. The molecule has 0 saturated carbocycles. The third-order valence-electron chi connectivity index (χ3n) is 7.73. The summed E-state index contributed by atoms with van der Waals surface area (Å²) in [6, 6.07) is 6.51. The molecule has 0 saturated heterocycles. The van der Waals surface area contributed by atoms with Crippen LogP contribution in [-0.4, -0.2) is 15.0 Å². The zero-order chi connectivity index (χ0) is 32.4. The van der Waals surface area contributed by atoms with Gasteiger partial charge in [0.2, 0.25) is 0 Å². The number of rotatable bonds is 0. The van der Waals surface area contributed by atoms with E-state index in [-0.39, 0.29) is 33.1 Å². The number of aromatic amines is 3. The van der Waals surface area contributed by atoms with Gasteiger partial charge in [-0.25, -0.2) is 0 Å². The second kappa shape index (κ2) is 8.86. The van der Waals surface area contributed by atoms with Crippen molar-refractivity contribution < 1.29 is 39.5 Å². The summed E-state index contributed by atoms with van der Waals surface area (Å²) in [6.07, 6.45) is -14.6. The van der Waals surface area contributed by atoms with E-state index in [1.807, 2.05) is 0 Å². The Labute approximate surface area is 240 Å². The molecule has 3 N–H and O–H groups in total. The quantitative estimate of drug-likeness (QED) is 0.0906. The lowest BCUT2D eigenvalue weighted by Gasteiger charge is -2.15. The van der Waals surface area contributed by atoms with Crippen molar-refractivity contribution >= 4 is 65.4 Å². The number of hydrogen-bond donors (Lipinski definition) is 3. The maximum absolute atomic E-state index is 13.9. The van der Waals surface area contributed by atoms with E-state index in [4.69, 9.17) is 0 Å². The van der Waals surface area contributed by atoms with Crippen LogP contribution in [0.3, 0.4) is 0 Å². The number of alkyl halides is 9. The minimum atomic E-state index is -4.85. The summed E-state index contributed by atoms with van der Waals surface area (Å²) in [4.78, 5) is 49.9. The van der Waals surface area contributed by atoms with Crippen molar-refractivity contribution in [3.05, 3.63) is 102 Å². The summed E-state index contributed by atoms with van der Waals surface area (Å²) in [7, 11) is 0. The van der Waals surface area contributed by atoms with Gasteiger partial charge in [-0.2, -0.15) is 39.5 Å². The first-order valence-corrected chi connectivity index (χ1v) is 12.8. The van der Waals surface area contributed by atoms with E-state index in [9.17, 15) is 53.9 Å². The van der Waals surface area contributed by atoms with Crippen LogP contribution < -0.4 is 16.3 Å². The normalized spacial score (nSPS) is 13.3. The Morgan fingerprint density at radius 3 is 0.867 bits per heavy atom. The summed E-state index contributed by atoms with van der Waals surface area (Å²) in [5, 5.41) is -2.99. The Hall–Kier alpha value is -5.34. The Morgan fingerprint density at radius 2 is 0.644 bits per heavy atom. The first-order valence-electron chi connectivity index (χ1n) is 12.8. The maximum atomic E-state index is 13.9. The molecule has 45 heavy (non-hydrogen) atoms. The van der Waals surface area contributed by atoms with E-state index >= 15 is 0 Å². The Morgan fingerprint density at radius 1 is 0.400 bits per heavy atom. The fraction of sp³-hybridized carbons (Fsp3) is 0.100. The van der Waals surface area contributed by atoms with Crippen molar-refractivity contribution in [2.45, 2.75) is 18.5 Å². The monoisotopic (exact) mass is 633 g/mol. The zero-order valence-corrected chi connectivity index (χ0v) is 21.8. The summed E-state index contributed by atoms with van der Waals surface area (Å²) in [5.41, 5.74) is -8.27. The Kier molecular flexibility index (Phi) is 5.60. The summed E-state index contributed by atoms with van der Waals surface area (Å²) in [5.74, 6) is 0. The van der Waals surface area contributed by atoms with Gasteiger partial charge in [0.1, 0.15) is 0 Å². The van der Waals surface area contributed by atoms with Crippen LogP contribution in [0.25, 0.3) is 65.4 Å². The topological polar surface area (TPSA) is 98.6 Å². The van der Waals surface area contributed by atoms with E-state index in [2.05, 4.69) is 15.0 Å². The van der Waals surface area contributed by atoms with Crippen molar-refractivity contribution in [3.8, 4) is 0 Å². The average molecular weight is 633 g/mol. The van der Waals surface area contributed by atoms with Gasteiger partial charge in [-0.1, -0.05) is 0 Å². The number of halogens is 9. The molecule has 228 valence electrons. The molecular weight excluding hydrogens is 621 g/mol. The lowest BCUT2D eigenvalue weighted by Crippen LogP contribution is -2.16. The SMILES string of the molecule is O=c1c2cc(C(F)(F)F)ccc2[nH]c2c1c1[nH]c3ccc(C(F)(F)F)cc3c(=O)c1c1[nH]c3ccc(C(F)(F)F)cc3c(=O)c21. The molecule has 0 bridgehead atoms. The van der Waals surface area contributed by atoms with Crippen LogP contribution in [0.1, 0.15) is 16.7 Å². The number of aromatic nitrogens is 3. The molecule has 6 nitrogen and oxygen atoms in total. The van der Waals surface area contributed by atoms with Gasteiger partial charge in [-0.05, 0) is 54.6 Å². The molecule has 3 heterocycles. The number of pyridine rings is 3. The molecule has 3 aromatic heterocycles. The highest BCUT2D eigenvalue weighted by molar-refractivity contribution is 6.25. The number of fused-ring (bicyclic) bond motifs is 9. The van der Waals surface area contributed by atoms with E-state index in [0.717, 1.165) is 18.2 Å². The number of H-pyrrole nitrogens is 3. The molecule has 0 fully saturated rings. The van der Waals surface area contributed by atoms with Crippen molar-refractivity contribution in [2.75, 3.05) is 0 Å². The largest absolute Gasteiger partial charge is 0.416 e. The third kappa shape index (κ3) is 4.17. The minimum absolute atomic E-state index is 0.164. The van der Waals surface area contributed by atoms with Crippen LogP contribution in [0, 0.1) is 0 Å². The molecule has 0 atom stereocenters. The number of hydrogen-bond acceptors (Lipinski definition) is 3. The second-order valence-corrected chi connectivity index (χ2v) is 10.4. The van der Waals surface area contributed by atoms with Gasteiger partial charge in [-0.15, -0.1) is 0 Å². The first kappa shape index (κ1) is 28.4. The van der Waals surface area contributed by atoms with Crippen LogP contribution in [-0.2, 0) is 18.5 Å². The zero-order valence-electron chi connectivity index (χ0n) is 21.8. The molecule has 0 unspecified atom stereocenters. The smallest absolute Gasteiger partial charge is 0.354 e. The maximum Gasteiger partial charge on any atom is 0.416 e. The molecule has 4 aromatic carbocycles. The van der Waals surface area contributed by atoms with Crippen LogP contribution in [0.2, 0.25) is 0 Å². The molecule has 7 aromatic rings. The summed E-state index contributed by atoms with van der Waals surface area (Å²) >= 11 is 0. The van der Waals surface area contributed by atoms with Gasteiger partial charge in [0, 0.05) is 32.7 Å². The minimum Gasteiger partial charge on any atom is -0.354 e. The molecule has 0 radical (unpaired) electrons. The van der Waals surface area contributed by atoms with Crippen LogP contribution in [0.15, 0.2) is 69.0 Å². The van der Waals surface area contributed by atoms with Gasteiger partial charge in [0.05, 0.1) is 49.4 Å². The highest BCUT2D eigenvalue weighted by atomic mass is 19.4. The van der Waals surface area contributed by atoms with Gasteiger partial charge < -0.3 is 15.0 Å². The second-order valence-electron chi connectivity index (χ2n) is 10.4. The number of nitrogens with one attached hydrogen (secondary N) is 3. The fourth-order valence-electron chi connectivity index (χ4n) is 5.67. The highest BCUT2D eigenvalue weighted by Crippen LogP contribution is 2.36. The number of benzene rings is 4. The molecule has 0 aliphatic heterocycles. The lowest BCUT2D eigenvalue weighted by molar-refractivity contribution is -0.138. The van der Waals surface area contributed by atoms with E-state index in [1.54, 1.807) is 0 Å². The van der Waals surface area contributed by atoms with Crippen molar-refractivity contribution in [1.29, 1.82) is 0 Å². The fourth-order valence-corrected chi connectivity index (χ4v) is 5.67. The van der Waals surface area contributed by atoms with Crippen molar-refractivity contribution in [1.82, 2.24) is 15.0 Å². The Bertz CT molecular complexity index is 2310. The van der Waals surface area contributed by atoms with E-state index in [1.165, 1.54) is 0 Å². The predicted molar refractivity (Wildman–Crippen MR) is 148 cm³/mol. The van der Waals surface area contributed by atoms with Gasteiger partial charge in [0.15, 0.2) is 16.3 Å². The van der Waals surface area contributed by atoms with Gasteiger partial charge >= 0.3 is 18.5 Å². The Balaban J connectivity index is 1.78.